The van der Waals surface area contributed by atoms with Gasteiger partial charge in [-0.1, -0.05) is 23.7 Å². The van der Waals surface area contributed by atoms with Crippen molar-refractivity contribution in [1.82, 2.24) is 24.8 Å². The van der Waals surface area contributed by atoms with Gasteiger partial charge in [0.2, 0.25) is 0 Å². The molecule has 5 rings (SSSR count). The lowest BCUT2D eigenvalue weighted by Crippen LogP contribution is -2.50. The van der Waals surface area contributed by atoms with Gasteiger partial charge in [0, 0.05) is 18.7 Å². The highest BCUT2D eigenvalue weighted by Gasteiger charge is 2.32. The Morgan fingerprint density at radius 3 is 2.79 bits per heavy atom. The largest absolute Gasteiger partial charge is 0.487 e. The van der Waals surface area contributed by atoms with Crippen LogP contribution >= 0.6 is 11.6 Å². The average Bonchev–Trinajstić information content (AvgIpc) is 3.22. The molecule has 8 heteroatoms. The van der Waals surface area contributed by atoms with E-state index in [2.05, 4.69) is 15.4 Å². The van der Waals surface area contributed by atoms with Crippen molar-refractivity contribution in [2.24, 2.45) is 0 Å². The van der Waals surface area contributed by atoms with Crippen LogP contribution < -0.4 is 10.1 Å². The van der Waals surface area contributed by atoms with Crippen molar-refractivity contribution in [3.05, 3.63) is 57.5 Å². The third-order valence-corrected chi connectivity index (χ3v) is 5.95. The molecule has 2 aromatic heterocycles. The van der Waals surface area contributed by atoms with Crippen LogP contribution in [0.4, 0.5) is 0 Å². The minimum atomic E-state index is -0.0542. The number of fused-ring (bicyclic) bond motifs is 3. The van der Waals surface area contributed by atoms with Crippen LogP contribution in [0.2, 0.25) is 5.02 Å². The van der Waals surface area contributed by atoms with Gasteiger partial charge >= 0.3 is 0 Å². The maximum atomic E-state index is 13.2. The Morgan fingerprint density at radius 2 is 2.04 bits per heavy atom. The number of amides is 1. The highest BCUT2D eigenvalue weighted by Crippen LogP contribution is 2.31. The van der Waals surface area contributed by atoms with E-state index in [1.165, 1.54) is 0 Å². The van der Waals surface area contributed by atoms with Gasteiger partial charge in [-0.3, -0.25) is 4.79 Å². The van der Waals surface area contributed by atoms with Crippen LogP contribution in [-0.2, 0) is 13.1 Å². The molecule has 144 valence electrons. The van der Waals surface area contributed by atoms with Crippen molar-refractivity contribution in [1.29, 1.82) is 0 Å². The topological polar surface area (TPSA) is 71.8 Å². The second-order valence-electron chi connectivity index (χ2n) is 7.31. The molecule has 4 heterocycles. The molecule has 0 spiro atoms. The van der Waals surface area contributed by atoms with Gasteiger partial charge in [-0.25, -0.2) is 9.50 Å². The minimum Gasteiger partial charge on any atom is -0.487 e. The monoisotopic (exact) mass is 397 g/mol. The Morgan fingerprint density at radius 1 is 1.25 bits per heavy atom. The fraction of sp³-hybridized carbons (Fsp3) is 0.350. The molecule has 7 nitrogen and oxygen atoms in total. The fourth-order valence-corrected chi connectivity index (χ4v) is 3.82. The lowest BCUT2D eigenvalue weighted by molar-refractivity contribution is 0.0737. The van der Waals surface area contributed by atoms with Gasteiger partial charge in [-0.15, -0.1) is 0 Å². The zero-order valence-corrected chi connectivity index (χ0v) is 16.5. The molecule has 0 radical (unpaired) electrons. The molecule has 1 saturated heterocycles. The normalized spacial score (nSPS) is 16.3. The smallest absolute Gasteiger partial charge is 0.258 e. The molecule has 0 atom stereocenters. The van der Waals surface area contributed by atoms with Crippen LogP contribution in [0, 0.1) is 13.8 Å². The summed E-state index contributed by atoms with van der Waals surface area (Å²) in [5.41, 5.74) is 4.84. The van der Waals surface area contributed by atoms with Crippen molar-refractivity contribution in [3.63, 3.8) is 0 Å². The number of rotatable bonds is 3. The molecule has 0 bridgehead atoms. The number of ether oxygens (including phenoxy) is 1. The SMILES string of the molecule is Cc1nc2c3c(nn2c(C)c1Cl)CN(C(=O)c1ccccc1OC1CNC1)C3. The molecule has 1 amide bonds. The first-order chi connectivity index (χ1) is 13.5. The van der Waals surface area contributed by atoms with E-state index in [1.54, 1.807) is 9.42 Å². The van der Waals surface area contributed by atoms with E-state index >= 15 is 0 Å². The molecule has 2 aliphatic rings. The summed E-state index contributed by atoms with van der Waals surface area (Å²) in [4.78, 5) is 19.6. The molecular formula is C20H20ClN5O2. The number of para-hydroxylation sites is 1. The Balaban J connectivity index is 1.45. The fourth-order valence-electron chi connectivity index (χ4n) is 3.70. The summed E-state index contributed by atoms with van der Waals surface area (Å²) < 4.78 is 7.76. The van der Waals surface area contributed by atoms with Crippen LogP contribution in [0.25, 0.3) is 5.65 Å². The van der Waals surface area contributed by atoms with Crippen LogP contribution in [0.5, 0.6) is 5.75 Å². The predicted molar refractivity (Wildman–Crippen MR) is 105 cm³/mol. The summed E-state index contributed by atoms with van der Waals surface area (Å²) >= 11 is 6.31. The van der Waals surface area contributed by atoms with E-state index < -0.39 is 0 Å². The first kappa shape index (κ1) is 17.5. The van der Waals surface area contributed by atoms with E-state index in [-0.39, 0.29) is 12.0 Å². The third kappa shape index (κ3) is 2.65. The second-order valence-corrected chi connectivity index (χ2v) is 7.69. The molecule has 1 fully saturated rings. The maximum absolute atomic E-state index is 13.2. The summed E-state index contributed by atoms with van der Waals surface area (Å²) in [5, 5.41) is 8.45. The predicted octanol–water partition coefficient (Wildman–Crippen LogP) is 2.51. The lowest BCUT2D eigenvalue weighted by Gasteiger charge is -2.29. The molecule has 28 heavy (non-hydrogen) atoms. The Kier molecular flexibility index (Phi) is 4.03. The standard InChI is InChI=1S/C20H20ClN5O2/c1-11-18(21)12(2)26-19(23-11)15-9-25(10-16(15)24-26)20(27)14-5-3-4-6-17(14)28-13-7-22-8-13/h3-6,13,22H,7-10H2,1-2H3. The highest BCUT2D eigenvalue weighted by molar-refractivity contribution is 6.31. The van der Waals surface area contributed by atoms with Gasteiger partial charge < -0.3 is 15.0 Å². The van der Waals surface area contributed by atoms with Crippen LogP contribution in [-0.4, -0.2) is 44.6 Å². The molecule has 1 N–H and O–H groups in total. The molecule has 3 aromatic rings. The summed E-state index contributed by atoms with van der Waals surface area (Å²) in [6.45, 7) is 6.36. The van der Waals surface area contributed by atoms with E-state index in [0.29, 0.717) is 29.4 Å². The molecule has 2 aliphatic heterocycles. The second kappa shape index (κ2) is 6.46. The number of benzene rings is 1. The average molecular weight is 398 g/mol. The number of carbonyl (C=O) groups is 1. The van der Waals surface area contributed by atoms with Crippen molar-refractivity contribution >= 4 is 23.2 Å². The van der Waals surface area contributed by atoms with Gasteiger partial charge in [0.05, 0.1) is 40.8 Å². The van der Waals surface area contributed by atoms with Crippen molar-refractivity contribution < 1.29 is 9.53 Å². The Bertz CT molecular complexity index is 1110. The number of aryl methyl sites for hydroxylation is 2. The molecule has 1 aromatic carbocycles. The van der Waals surface area contributed by atoms with Crippen molar-refractivity contribution in [2.75, 3.05) is 13.1 Å². The summed E-state index contributed by atoms with van der Waals surface area (Å²) in [7, 11) is 0. The van der Waals surface area contributed by atoms with E-state index in [0.717, 1.165) is 41.4 Å². The van der Waals surface area contributed by atoms with E-state index in [4.69, 9.17) is 16.3 Å². The number of hydrogen-bond acceptors (Lipinski definition) is 5. The van der Waals surface area contributed by atoms with Gasteiger partial charge in [-0.05, 0) is 26.0 Å². The number of carbonyl (C=O) groups excluding carboxylic acids is 1. The maximum Gasteiger partial charge on any atom is 0.258 e. The summed E-state index contributed by atoms with van der Waals surface area (Å²) in [6, 6.07) is 7.43. The number of hydrogen-bond donors (Lipinski definition) is 1. The minimum absolute atomic E-state index is 0.0542. The first-order valence-corrected chi connectivity index (χ1v) is 9.69. The quantitative estimate of drug-likeness (QED) is 0.735. The zero-order valence-electron chi connectivity index (χ0n) is 15.7. The number of nitrogens with one attached hydrogen (secondary N) is 1. The number of aromatic nitrogens is 3. The molecule has 0 unspecified atom stereocenters. The first-order valence-electron chi connectivity index (χ1n) is 9.32. The third-order valence-electron chi connectivity index (χ3n) is 5.40. The van der Waals surface area contributed by atoms with Crippen LogP contribution in [0.15, 0.2) is 24.3 Å². The summed E-state index contributed by atoms with van der Waals surface area (Å²) in [6.07, 6.45) is 0.119. The van der Waals surface area contributed by atoms with Crippen LogP contribution in [0.1, 0.15) is 33.0 Å². The Labute approximate surface area is 167 Å². The summed E-state index contributed by atoms with van der Waals surface area (Å²) in [5.74, 6) is 0.579. The molecule has 0 saturated carbocycles. The Hall–Kier alpha value is -2.64. The van der Waals surface area contributed by atoms with Gasteiger partial charge in [0.25, 0.3) is 5.91 Å². The number of nitrogens with zero attached hydrogens (tertiary/aromatic N) is 4. The highest BCUT2D eigenvalue weighted by atomic mass is 35.5. The van der Waals surface area contributed by atoms with Gasteiger partial charge in [0.1, 0.15) is 11.9 Å². The van der Waals surface area contributed by atoms with Crippen molar-refractivity contribution in [3.8, 4) is 5.75 Å². The molecule has 0 aliphatic carbocycles. The van der Waals surface area contributed by atoms with Crippen LogP contribution in [0.3, 0.4) is 0 Å². The van der Waals surface area contributed by atoms with E-state index in [9.17, 15) is 4.79 Å². The zero-order chi connectivity index (χ0) is 19.4. The van der Waals surface area contributed by atoms with Gasteiger partial charge in [0.15, 0.2) is 5.65 Å². The lowest BCUT2D eigenvalue weighted by atomic mass is 10.1. The van der Waals surface area contributed by atoms with Crippen molar-refractivity contribution in [2.45, 2.75) is 33.0 Å². The number of halogens is 1. The van der Waals surface area contributed by atoms with E-state index in [1.807, 2.05) is 38.1 Å². The van der Waals surface area contributed by atoms with Gasteiger partial charge in [-0.2, -0.15) is 5.10 Å². The molecular weight excluding hydrogens is 378 g/mol.